The maximum atomic E-state index is 13.2. The SMILES string of the molecule is CCCN(C(=O)c1cccc2c1OC(C)C(=O)N2)C1CCNCC1. The highest BCUT2D eigenvalue weighted by molar-refractivity contribution is 6.04. The number of hydrogen-bond donors (Lipinski definition) is 2. The molecular weight excluding hydrogens is 306 g/mol. The van der Waals surface area contributed by atoms with E-state index in [4.69, 9.17) is 4.74 Å². The standard InChI is InChI=1S/C18H25N3O3/c1-3-11-21(13-7-9-19-10-8-13)18(23)14-5-4-6-15-16(14)24-12(2)17(22)20-15/h4-6,12-13,19H,3,7-11H2,1-2H3,(H,20,22). The Bertz CT molecular complexity index is 626. The van der Waals surface area contributed by atoms with Crippen LogP contribution in [-0.2, 0) is 4.79 Å². The Kier molecular flexibility index (Phi) is 5.04. The molecule has 2 N–H and O–H groups in total. The van der Waals surface area contributed by atoms with Crippen molar-refractivity contribution in [1.82, 2.24) is 10.2 Å². The second-order valence-corrected chi connectivity index (χ2v) is 6.41. The van der Waals surface area contributed by atoms with Crippen molar-refractivity contribution in [2.45, 2.75) is 45.3 Å². The zero-order valence-corrected chi connectivity index (χ0v) is 14.3. The lowest BCUT2D eigenvalue weighted by Crippen LogP contribution is -2.46. The summed E-state index contributed by atoms with van der Waals surface area (Å²) in [6, 6.07) is 5.60. The van der Waals surface area contributed by atoms with E-state index in [1.807, 2.05) is 4.90 Å². The number of nitrogens with one attached hydrogen (secondary N) is 2. The topological polar surface area (TPSA) is 70.7 Å². The van der Waals surface area contributed by atoms with Gasteiger partial charge in [-0.15, -0.1) is 0 Å². The summed E-state index contributed by atoms with van der Waals surface area (Å²) in [5.41, 5.74) is 1.11. The van der Waals surface area contributed by atoms with E-state index < -0.39 is 6.10 Å². The molecule has 2 amide bonds. The number of para-hydroxylation sites is 1. The summed E-state index contributed by atoms with van der Waals surface area (Å²) in [6.07, 6.45) is 2.26. The second kappa shape index (κ2) is 7.21. The number of benzene rings is 1. The molecule has 0 spiro atoms. The first kappa shape index (κ1) is 16.8. The van der Waals surface area contributed by atoms with Gasteiger partial charge in [-0.05, 0) is 51.4 Å². The van der Waals surface area contributed by atoms with Crippen molar-refractivity contribution >= 4 is 17.5 Å². The Hall–Kier alpha value is -2.08. The van der Waals surface area contributed by atoms with Crippen molar-refractivity contribution in [1.29, 1.82) is 0 Å². The quantitative estimate of drug-likeness (QED) is 0.885. The van der Waals surface area contributed by atoms with Crippen LogP contribution in [-0.4, -0.2) is 48.5 Å². The highest BCUT2D eigenvalue weighted by Gasteiger charge is 2.31. The zero-order valence-electron chi connectivity index (χ0n) is 14.3. The minimum atomic E-state index is -0.593. The fourth-order valence-corrected chi connectivity index (χ4v) is 3.36. The molecule has 0 saturated carbocycles. The molecule has 24 heavy (non-hydrogen) atoms. The van der Waals surface area contributed by atoms with Gasteiger partial charge in [-0.25, -0.2) is 0 Å². The van der Waals surface area contributed by atoms with Gasteiger partial charge in [-0.2, -0.15) is 0 Å². The van der Waals surface area contributed by atoms with Crippen molar-refractivity contribution in [3.05, 3.63) is 23.8 Å². The van der Waals surface area contributed by atoms with E-state index in [1.54, 1.807) is 25.1 Å². The highest BCUT2D eigenvalue weighted by atomic mass is 16.5. The molecule has 6 nitrogen and oxygen atoms in total. The third-order valence-corrected chi connectivity index (χ3v) is 4.64. The predicted molar refractivity (Wildman–Crippen MR) is 92.4 cm³/mol. The predicted octanol–water partition coefficient (Wildman–Crippen LogP) is 2.01. The Morgan fingerprint density at radius 1 is 1.33 bits per heavy atom. The number of fused-ring (bicyclic) bond motifs is 1. The number of rotatable bonds is 4. The molecule has 0 radical (unpaired) electrons. The molecule has 1 aromatic rings. The number of anilines is 1. The third-order valence-electron chi connectivity index (χ3n) is 4.64. The van der Waals surface area contributed by atoms with Crippen LogP contribution in [0.1, 0.15) is 43.5 Å². The lowest BCUT2D eigenvalue weighted by molar-refractivity contribution is -0.122. The summed E-state index contributed by atoms with van der Waals surface area (Å²) in [7, 11) is 0. The van der Waals surface area contributed by atoms with Gasteiger partial charge in [-0.1, -0.05) is 13.0 Å². The monoisotopic (exact) mass is 331 g/mol. The van der Waals surface area contributed by atoms with E-state index in [1.165, 1.54) is 0 Å². The van der Waals surface area contributed by atoms with Gasteiger partial charge in [-0.3, -0.25) is 9.59 Å². The first-order valence-electron chi connectivity index (χ1n) is 8.74. The van der Waals surface area contributed by atoms with Crippen LogP contribution >= 0.6 is 0 Å². The van der Waals surface area contributed by atoms with Crippen LogP contribution in [0.4, 0.5) is 5.69 Å². The van der Waals surface area contributed by atoms with Gasteiger partial charge in [0.05, 0.1) is 11.3 Å². The van der Waals surface area contributed by atoms with Crippen LogP contribution in [0.3, 0.4) is 0 Å². The van der Waals surface area contributed by atoms with Gasteiger partial charge in [0.1, 0.15) is 0 Å². The van der Waals surface area contributed by atoms with E-state index in [-0.39, 0.29) is 17.9 Å². The van der Waals surface area contributed by atoms with Gasteiger partial charge in [0.2, 0.25) is 0 Å². The van der Waals surface area contributed by atoms with E-state index in [9.17, 15) is 9.59 Å². The number of nitrogens with zero attached hydrogens (tertiary/aromatic N) is 1. The Morgan fingerprint density at radius 3 is 2.79 bits per heavy atom. The van der Waals surface area contributed by atoms with E-state index in [0.29, 0.717) is 17.0 Å². The molecule has 1 atom stereocenters. The molecular formula is C18H25N3O3. The average molecular weight is 331 g/mol. The van der Waals surface area contributed by atoms with Crippen LogP contribution in [0.15, 0.2) is 18.2 Å². The van der Waals surface area contributed by atoms with Crippen molar-refractivity contribution < 1.29 is 14.3 Å². The van der Waals surface area contributed by atoms with Gasteiger partial charge < -0.3 is 20.3 Å². The summed E-state index contributed by atoms with van der Waals surface area (Å²) in [6.45, 7) is 6.38. The number of carbonyl (C=O) groups is 2. The van der Waals surface area contributed by atoms with Crippen molar-refractivity contribution in [3.63, 3.8) is 0 Å². The van der Waals surface area contributed by atoms with Gasteiger partial charge in [0, 0.05) is 12.6 Å². The lowest BCUT2D eigenvalue weighted by atomic mass is 10.0. The largest absolute Gasteiger partial charge is 0.478 e. The van der Waals surface area contributed by atoms with Gasteiger partial charge in [0.25, 0.3) is 11.8 Å². The Balaban J connectivity index is 1.90. The van der Waals surface area contributed by atoms with E-state index in [2.05, 4.69) is 17.6 Å². The summed E-state index contributed by atoms with van der Waals surface area (Å²) in [5, 5.41) is 6.15. The smallest absolute Gasteiger partial charge is 0.265 e. The number of ether oxygens (including phenoxy) is 1. The molecule has 1 unspecified atom stereocenters. The van der Waals surface area contributed by atoms with Crippen molar-refractivity contribution in [2.24, 2.45) is 0 Å². The summed E-state index contributed by atoms with van der Waals surface area (Å²) in [5.74, 6) is 0.296. The van der Waals surface area contributed by atoms with Crippen molar-refractivity contribution in [3.8, 4) is 5.75 Å². The molecule has 1 aromatic carbocycles. The number of amides is 2. The van der Waals surface area contributed by atoms with E-state index in [0.717, 1.165) is 38.9 Å². The molecule has 3 rings (SSSR count). The highest BCUT2D eigenvalue weighted by Crippen LogP contribution is 2.34. The normalized spacial score (nSPS) is 20.8. The molecule has 2 aliphatic rings. The first-order valence-corrected chi connectivity index (χ1v) is 8.74. The molecule has 2 heterocycles. The lowest BCUT2D eigenvalue weighted by Gasteiger charge is -2.35. The molecule has 1 saturated heterocycles. The fourth-order valence-electron chi connectivity index (χ4n) is 3.36. The molecule has 6 heteroatoms. The van der Waals surface area contributed by atoms with Crippen LogP contribution in [0.5, 0.6) is 5.75 Å². The average Bonchev–Trinajstić information content (AvgIpc) is 2.60. The molecule has 2 aliphatic heterocycles. The minimum absolute atomic E-state index is 0.0102. The first-order chi connectivity index (χ1) is 11.6. The number of piperidine rings is 1. The summed E-state index contributed by atoms with van der Waals surface area (Å²) >= 11 is 0. The van der Waals surface area contributed by atoms with Crippen molar-refractivity contribution in [2.75, 3.05) is 25.0 Å². The fraction of sp³-hybridized carbons (Fsp3) is 0.556. The zero-order chi connectivity index (χ0) is 17.1. The van der Waals surface area contributed by atoms with Gasteiger partial charge >= 0.3 is 0 Å². The molecule has 1 fully saturated rings. The third kappa shape index (κ3) is 3.24. The summed E-state index contributed by atoms with van der Waals surface area (Å²) < 4.78 is 5.74. The number of hydrogen-bond acceptors (Lipinski definition) is 4. The van der Waals surface area contributed by atoms with Crippen LogP contribution in [0.25, 0.3) is 0 Å². The van der Waals surface area contributed by atoms with Crippen LogP contribution < -0.4 is 15.4 Å². The Labute approximate surface area is 142 Å². The van der Waals surface area contributed by atoms with Gasteiger partial charge in [0.15, 0.2) is 11.9 Å². The summed E-state index contributed by atoms with van der Waals surface area (Å²) in [4.78, 5) is 27.0. The number of carbonyl (C=O) groups excluding carboxylic acids is 2. The second-order valence-electron chi connectivity index (χ2n) is 6.41. The van der Waals surface area contributed by atoms with Crippen LogP contribution in [0.2, 0.25) is 0 Å². The Morgan fingerprint density at radius 2 is 2.08 bits per heavy atom. The molecule has 0 aliphatic carbocycles. The molecule has 0 aromatic heterocycles. The van der Waals surface area contributed by atoms with Crippen LogP contribution in [0, 0.1) is 0 Å². The van der Waals surface area contributed by atoms with E-state index >= 15 is 0 Å². The molecule has 130 valence electrons. The minimum Gasteiger partial charge on any atom is -0.478 e. The maximum Gasteiger partial charge on any atom is 0.265 e. The molecule has 0 bridgehead atoms. The maximum absolute atomic E-state index is 13.2.